The molecule has 0 radical (unpaired) electrons. The van der Waals surface area contributed by atoms with Gasteiger partial charge >= 0.3 is 0 Å². The molecule has 4 heteroatoms. The number of nitrogens with one attached hydrogen (secondary N) is 1. The summed E-state index contributed by atoms with van der Waals surface area (Å²) >= 11 is 1.71. The minimum Gasteiger partial charge on any atom is -0.345 e. The average Bonchev–Trinajstić information content (AvgIpc) is 3.29. The predicted octanol–water partition coefficient (Wildman–Crippen LogP) is 5.45. The molecule has 0 atom stereocenters. The zero-order valence-electron chi connectivity index (χ0n) is 16.1. The van der Waals surface area contributed by atoms with E-state index in [2.05, 4.69) is 57.0 Å². The van der Waals surface area contributed by atoms with Gasteiger partial charge in [-0.15, -0.1) is 0 Å². The molecule has 4 saturated carbocycles. The first-order valence-electron chi connectivity index (χ1n) is 10.6. The summed E-state index contributed by atoms with van der Waals surface area (Å²) in [6.07, 6.45) is 7.76. The number of nitrogens with zero attached hydrogens (tertiary/aromatic N) is 1. The minimum absolute atomic E-state index is 0.0511. The normalized spacial score (nSPS) is 30.8. The first-order valence-corrected chi connectivity index (χ1v) is 11.5. The van der Waals surface area contributed by atoms with Crippen LogP contribution in [-0.4, -0.2) is 16.0 Å². The number of thiophene rings is 1. The van der Waals surface area contributed by atoms with E-state index in [0.29, 0.717) is 0 Å². The Morgan fingerprint density at radius 1 is 1.07 bits per heavy atom. The number of hydrogen-bond donors (Lipinski definition) is 1. The molecule has 0 aliphatic heterocycles. The van der Waals surface area contributed by atoms with E-state index in [1.807, 2.05) is 0 Å². The van der Waals surface area contributed by atoms with Gasteiger partial charge in [-0.1, -0.05) is 18.2 Å². The highest BCUT2D eigenvalue weighted by atomic mass is 32.1. The summed E-state index contributed by atoms with van der Waals surface area (Å²) in [4.78, 5) is 13.5. The molecular formula is C24H26N2OS. The summed E-state index contributed by atoms with van der Waals surface area (Å²) in [5.41, 5.74) is 3.26. The van der Waals surface area contributed by atoms with Gasteiger partial charge in [-0.25, -0.2) is 0 Å². The Labute approximate surface area is 169 Å². The predicted molar refractivity (Wildman–Crippen MR) is 114 cm³/mol. The number of aromatic nitrogens is 1. The van der Waals surface area contributed by atoms with Crippen LogP contribution in [0.15, 0.2) is 47.2 Å². The SMILES string of the molecule is O=C(NC12CC3CC(CC(C3)C1)C2)c1cc2ccccc2n1Cc1ccsc1. The molecule has 7 rings (SSSR count). The molecule has 0 unspecified atom stereocenters. The van der Waals surface area contributed by atoms with Crippen molar-refractivity contribution in [1.29, 1.82) is 0 Å². The van der Waals surface area contributed by atoms with E-state index in [-0.39, 0.29) is 11.4 Å². The summed E-state index contributed by atoms with van der Waals surface area (Å²) in [5, 5.41) is 8.99. The van der Waals surface area contributed by atoms with Crippen LogP contribution in [0.25, 0.3) is 10.9 Å². The number of amides is 1. The second kappa shape index (κ2) is 6.21. The highest BCUT2D eigenvalue weighted by molar-refractivity contribution is 7.07. The summed E-state index contributed by atoms with van der Waals surface area (Å²) in [6.45, 7) is 0.751. The maximum absolute atomic E-state index is 13.5. The maximum Gasteiger partial charge on any atom is 0.268 e. The Morgan fingerprint density at radius 2 is 1.79 bits per heavy atom. The first kappa shape index (κ1) is 16.8. The Kier molecular flexibility index (Phi) is 3.74. The number of fused-ring (bicyclic) bond motifs is 1. The van der Waals surface area contributed by atoms with Crippen molar-refractivity contribution >= 4 is 28.1 Å². The molecule has 144 valence electrons. The van der Waals surface area contributed by atoms with Crippen LogP contribution in [0.3, 0.4) is 0 Å². The third kappa shape index (κ3) is 2.73. The Hall–Kier alpha value is -2.07. The Morgan fingerprint density at radius 3 is 2.46 bits per heavy atom. The first-order chi connectivity index (χ1) is 13.7. The lowest BCUT2D eigenvalue weighted by molar-refractivity contribution is -0.0168. The lowest BCUT2D eigenvalue weighted by atomic mass is 9.53. The van der Waals surface area contributed by atoms with Gasteiger partial charge in [0.15, 0.2) is 0 Å². The number of para-hydroxylation sites is 1. The molecule has 4 bridgehead atoms. The van der Waals surface area contributed by atoms with Gasteiger partial charge in [0.25, 0.3) is 5.91 Å². The fraction of sp³-hybridized carbons (Fsp3) is 0.458. The van der Waals surface area contributed by atoms with Crippen LogP contribution >= 0.6 is 11.3 Å². The van der Waals surface area contributed by atoms with Gasteiger partial charge in [-0.2, -0.15) is 11.3 Å². The number of hydrogen-bond acceptors (Lipinski definition) is 2. The lowest BCUT2D eigenvalue weighted by Gasteiger charge is -2.56. The molecule has 4 aliphatic rings. The fourth-order valence-electron chi connectivity index (χ4n) is 6.70. The van der Waals surface area contributed by atoms with Crippen molar-refractivity contribution in [2.75, 3.05) is 0 Å². The quantitative estimate of drug-likeness (QED) is 0.631. The zero-order valence-corrected chi connectivity index (χ0v) is 16.9. The highest BCUT2D eigenvalue weighted by Gasteiger charge is 2.51. The monoisotopic (exact) mass is 390 g/mol. The van der Waals surface area contributed by atoms with Gasteiger partial charge < -0.3 is 9.88 Å². The summed E-state index contributed by atoms with van der Waals surface area (Å²) in [7, 11) is 0. The second-order valence-electron chi connectivity index (χ2n) is 9.46. The van der Waals surface area contributed by atoms with E-state index >= 15 is 0 Å². The third-order valence-corrected chi connectivity index (χ3v) is 8.11. The molecule has 2 aromatic heterocycles. The number of benzene rings is 1. The van der Waals surface area contributed by atoms with Gasteiger partial charge in [0.1, 0.15) is 5.69 Å². The van der Waals surface area contributed by atoms with Crippen molar-refractivity contribution in [2.45, 2.75) is 50.6 Å². The molecular weight excluding hydrogens is 364 g/mol. The van der Waals surface area contributed by atoms with Crippen molar-refractivity contribution in [3.8, 4) is 0 Å². The maximum atomic E-state index is 13.5. The molecule has 28 heavy (non-hydrogen) atoms. The average molecular weight is 391 g/mol. The molecule has 3 aromatic rings. The Bertz CT molecular complexity index is 997. The third-order valence-electron chi connectivity index (χ3n) is 7.38. The minimum atomic E-state index is 0.0511. The van der Waals surface area contributed by atoms with Gasteiger partial charge in [-0.3, -0.25) is 4.79 Å². The number of rotatable bonds is 4. The van der Waals surface area contributed by atoms with Crippen molar-refractivity contribution in [3.63, 3.8) is 0 Å². The van der Waals surface area contributed by atoms with E-state index in [0.717, 1.165) is 40.9 Å². The van der Waals surface area contributed by atoms with E-state index in [1.54, 1.807) is 11.3 Å². The van der Waals surface area contributed by atoms with Crippen LogP contribution in [-0.2, 0) is 6.54 Å². The van der Waals surface area contributed by atoms with Crippen molar-refractivity contribution < 1.29 is 4.79 Å². The van der Waals surface area contributed by atoms with Crippen LogP contribution < -0.4 is 5.32 Å². The fourth-order valence-corrected chi connectivity index (χ4v) is 7.36. The molecule has 0 spiro atoms. The molecule has 4 aliphatic carbocycles. The molecule has 1 N–H and O–H groups in total. The van der Waals surface area contributed by atoms with Gasteiger partial charge in [0.2, 0.25) is 0 Å². The van der Waals surface area contributed by atoms with Crippen molar-refractivity contribution in [1.82, 2.24) is 9.88 Å². The van der Waals surface area contributed by atoms with Crippen LogP contribution in [0.2, 0.25) is 0 Å². The van der Waals surface area contributed by atoms with Crippen LogP contribution in [0.5, 0.6) is 0 Å². The molecule has 2 heterocycles. The molecule has 3 nitrogen and oxygen atoms in total. The Balaban J connectivity index is 1.35. The van der Waals surface area contributed by atoms with Gasteiger partial charge in [0, 0.05) is 23.0 Å². The van der Waals surface area contributed by atoms with Gasteiger partial charge in [0.05, 0.1) is 0 Å². The molecule has 0 saturated heterocycles. The van der Waals surface area contributed by atoms with Crippen LogP contribution in [0.1, 0.15) is 54.6 Å². The van der Waals surface area contributed by atoms with Gasteiger partial charge in [-0.05, 0) is 90.8 Å². The van der Waals surface area contributed by atoms with Crippen molar-refractivity contribution in [2.24, 2.45) is 17.8 Å². The largest absolute Gasteiger partial charge is 0.345 e. The summed E-state index contributed by atoms with van der Waals surface area (Å²) in [6, 6.07) is 12.6. The molecule has 4 fully saturated rings. The van der Waals surface area contributed by atoms with Crippen molar-refractivity contribution in [3.05, 3.63) is 58.4 Å². The van der Waals surface area contributed by atoms with Crippen LogP contribution in [0.4, 0.5) is 0 Å². The molecule has 1 amide bonds. The highest BCUT2D eigenvalue weighted by Crippen LogP contribution is 2.55. The summed E-state index contributed by atoms with van der Waals surface area (Å²) < 4.78 is 2.20. The topological polar surface area (TPSA) is 34.0 Å². The van der Waals surface area contributed by atoms with E-state index in [4.69, 9.17) is 0 Å². The zero-order chi connectivity index (χ0) is 18.7. The standard InChI is InChI=1S/C24H26N2OS/c27-23(25-24-11-17-7-18(12-24)9-19(8-17)13-24)22-10-20-3-1-2-4-21(20)26(22)14-16-5-6-28-15-16/h1-6,10,15,17-19H,7-9,11-14H2,(H,25,27). The van der Waals surface area contributed by atoms with E-state index < -0.39 is 0 Å². The van der Waals surface area contributed by atoms with E-state index in [1.165, 1.54) is 44.1 Å². The number of carbonyl (C=O) groups is 1. The number of carbonyl (C=O) groups excluding carboxylic acids is 1. The summed E-state index contributed by atoms with van der Waals surface area (Å²) in [5.74, 6) is 2.63. The lowest BCUT2D eigenvalue weighted by Crippen LogP contribution is -2.60. The van der Waals surface area contributed by atoms with Crippen LogP contribution in [0, 0.1) is 17.8 Å². The molecule has 1 aromatic carbocycles. The second-order valence-corrected chi connectivity index (χ2v) is 10.2. The smallest absolute Gasteiger partial charge is 0.268 e. The van der Waals surface area contributed by atoms with E-state index in [9.17, 15) is 4.79 Å².